The summed E-state index contributed by atoms with van der Waals surface area (Å²) in [7, 11) is 0. The van der Waals surface area contributed by atoms with Crippen molar-refractivity contribution in [2.24, 2.45) is 0 Å². The fourth-order valence-corrected chi connectivity index (χ4v) is 9.64. The average Bonchev–Trinajstić information content (AvgIpc) is 3.74. The lowest BCUT2D eigenvalue weighted by atomic mass is 9.85. The molecule has 11 nitrogen and oxygen atoms in total. The number of nitrogens with zero attached hydrogens (tertiary/aromatic N) is 5. The summed E-state index contributed by atoms with van der Waals surface area (Å²) < 4.78 is 81.9. The first-order valence-corrected chi connectivity index (χ1v) is 20.5. The Hall–Kier alpha value is -5.57. The molecule has 0 unspecified atom stereocenters. The number of anilines is 1. The Labute approximate surface area is 345 Å². The van der Waals surface area contributed by atoms with Gasteiger partial charge in [-0.05, 0) is 93.1 Å². The highest BCUT2D eigenvalue weighted by atomic mass is 19.1. The highest BCUT2D eigenvalue weighted by molar-refractivity contribution is 6.02. The summed E-state index contributed by atoms with van der Waals surface area (Å²) in [6, 6.07) is 14.8. The second-order valence-electron chi connectivity index (χ2n) is 17.5. The number of fused-ring (bicyclic) bond motifs is 7. The number of esters is 1. The Balaban J connectivity index is 0.00000514. The van der Waals surface area contributed by atoms with Crippen LogP contribution in [0.1, 0.15) is 65.4 Å². The largest absolute Gasteiger partial charge is 0.461 e. The van der Waals surface area contributed by atoms with Crippen molar-refractivity contribution in [1.29, 1.82) is 0 Å². The number of hydrogen-bond donors (Lipinski definition) is 1. The summed E-state index contributed by atoms with van der Waals surface area (Å²) >= 11 is 0. The normalized spacial score (nSPS) is 24.6. The van der Waals surface area contributed by atoms with Gasteiger partial charge >= 0.3 is 18.1 Å². The van der Waals surface area contributed by atoms with E-state index < -0.39 is 52.5 Å². The molecule has 0 spiro atoms. The lowest BCUT2D eigenvalue weighted by Gasteiger charge is -2.42. The maximum atomic E-state index is 17.6. The van der Waals surface area contributed by atoms with Crippen LogP contribution in [0.25, 0.3) is 32.9 Å². The Morgan fingerprint density at radius 1 is 1.05 bits per heavy atom. The van der Waals surface area contributed by atoms with Gasteiger partial charge in [0.25, 0.3) is 0 Å². The number of amides is 1. The molecule has 2 aromatic heterocycles. The van der Waals surface area contributed by atoms with Gasteiger partial charge in [-0.2, -0.15) is 9.97 Å². The molecule has 4 atom stereocenters. The van der Waals surface area contributed by atoms with Crippen LogP contribution in [0.5, 0.6) is 11.8 Å². The number of carbonyl (C=O) groups is 2. The van der Waals surface area contributed by atoms with Crippen LogP contribution < -0.4 is 19.7 Å². The lowest BCUT2D eigenvalue weighted by molar-refractivity contribution is -0.139. The summed E-state index contributed by atoms with van der Waals surface area (Å²) in [5.74, 6) is -1.84. The molecule has 1 N–H and O–H groups in total. The first kappa shape index (κ1) is 39.9. The predicted octanol–water partition coefficient (Wildman–Crippen LogP) is 8.19. The van der Waals surface area contributed by atoms with E-state index in [0.717, 1.165) is 18.5 Å². The molecule has 5 aliphatic rings. The standard InChI is InChI=1S/C45H46F4N6O5.H2/c1-43(2,27-9-5-4-6-10-27)40(56)60-30-17-26-12-13-34(48)31-11-7-16-58-42(57)53-44(3)19-28(46)22-54(24-44)39-33-21-50-37(32(18-30)35(26)31)36(49)38(33)51-41(52-39)59-25-45-14-8-15-55(45)23-29(47)20-45;/h4-6,9-10,12-13,17-18,21,28-29H,7-8,11,14-16,19-20,22-25H2,1-3H3,(H,53,57);1H/t28-,29-,44-,45+;/m1./s1. The molecule has 0 radical (unpaired) electrons. The quantitative estimate of drug-likeness (QED) is 0.102. The van der Waals surface area contributed by atoms with Gasteiger partial charge in [0.05, 0.1) is 35.0 Å². The maximum Gasteiger partial charge on any atom is 0.407 e. The molecular formula is C45H48F4N6O5. The number of alkyl halides is 2. The van der Waals surface area contributed by atoms with Gasteiger partial charge in [-0.3, -0.25) is 14.7 Å². The van der Waals surface area contributed by atoms with Crippen LogP contribution in [0.15, 0.2) is 60.8 Å². The number of pyridine rings is 1. The third-order valence-electron chi connectivity index (χ3n) is 12.6. The molecule has 6 bridgehead atoms. The van der Waals surface area contributed by atoms with Gasteiger partial charge in [0, 0.05) is 39.1 Å². The van der Waals surface area contributed by atoms with E-state index in [0.29, 0.717) is 23.7 Å². The molecule has 5 aromatic rings. The Morgan fingerprint density at radius 3 is 2.67 bits per heavy atom. The smallest absolute Gasteiger partial charge is 0.407 e. The zero-order valence-corrected chi connectivity index (χ0v) is 33.7. The summed E-state index contributed by atoms with van der Waals surface area (Å²) in [5, 5.41) is 3.72. The molecule has 7 heterocycles. The van der Waals surface area contributed by atoms with Gasteiger partial charge in [0.1, 0.15) is 47.5 Å². The van der Waals surface area contributed by atoms with Crippen molar-refractivity contribution in [1.82, 2.24) is 25.2 Å². The van der Waals surface area contributed by atoms with E-state index in [1.54, 1.807) is 31.7 Å². The number of nitrogens with one attached hydrogen (secondary N) is 1. The molecule has 3 fully saturated rings. The highest BCUT2D eigenvalue weighted by Gasteiger charge is 2.49. The van der Waals surface area contributed by atoms with Crippen LogP contribution in [-0.2, 0) is 21.4 Å². The maximum absolute atomic E-state index is 17.6. The minimum Gasteiger partial charge on any atom is -0.461 e. The zero-order chi connectivity index (χ0) is 42.0. The molecule has 3 aromatic carbocycles. The summed E-state index contributed by atoms with van der Waals surface area (Å²) in [6.07, 6.45) is 0.296. The van der Waals surface area contributed by atoms with E-state index in [-0.39, 0.29) is 98.7 Å². The summed E-state index contributed by atoms with van der Waals surface area (Å²) in [6.45, 7) is 6.09. The van der Waals surface area contributed by atoms with Crippen molar-refractivity contribution in [3.63, 3.8) is 0 Å². The minimum atomic E-state index is -1.42. The molecule has 0 saturated carbocycles. The molecule has 60 heavy (non-hydrogen) atoms. The van der Waals surface area contributed by atoms with Crippen LogP contribution in [-0.4, -0.2) is 94.7 Å². The van der Waals surface area contributed by atoms with Gasteiger partial charge in [-0.25, -0.2) is 22.4 Å². The van der Waals surface area contributed by atoms with Gasteiger partial charge in [-0.15, -0.1) is 0 Å². The molecule has 316 valence electrons. The number of aromatic nitrogens is 3. The van der Waals surface area contributed by atoms with Gasteiger partial charge in [0.15, 0.2) is 5.82 Å². The second-order valence-corrected chi connectivity index (χ2v) is 17.5. The number of halogens is 4. The fourth-order valence-electron chi connectivity index (χ4n) is 9.64. The molecule has 5 aliphatic heterocycles. The van der Waals surface area contributed by atoms with Gasteiger partial charge < -0.3 is 24.4 Å². The second kappa shape index (κ2) is 15.2. The van der Waals surface area contributed by atoms with Crippen molar-refractivity contribution in [3.05, 3.63) is 83.6 Å². The SMILES string of the molecule is CC(C)(C(=O)Oc1cc2c3c(c(F)ccc3c1)CCCOC(=O)N[C@]1(C)C[C@@H](F)CN(C1)c1nc(OC[C@@]34CCCN3C[C@H](F)C4)nc3c(F)c-2ncc13)c1ccccc1.[HH]. The molecular weight excluding hydrogens is 781 g/mol. The Bertz CT molecular complexity index is 2520. The van der Waals surface area contributed by atoms with Crippen molar-refractivity contribution in [2.45, 2.75) is 88.1 Å². The third kappa shape index (κ3) is 7.24. The number of hydrogen-bond acceptors (Lipinski definition) is 10. The van der Waals surface area contributed by atoms with Crippen molar-refractivity contribution in [2.75, 3.05) is 44.3 Å². The Kier molecular flexibility index (Phi) is 10.1. The third-order valence-corrected chi connectivity index (χ3v) is 12.6. The monoisotopic (exact) mass is 828 g/mol. The summed E-state index contributed by atoms with van der Waals surface area (Å²) in [5.41, 5.74) is -2.13. The number of alkyl carbamates (subject to hydrolysis) is 1. The van der Waals surface area contributed by atoms with E-state index in [9.17, 15) is 14.0 Å². The molecule has 10 rings (SSSR count). The first-order chi connectivity index (χ1) is 28.7. The Morgan fingerprint density at radius 2 is 1.85 bits per heavy atom. The van der Waals surface area contributed by atoms with Crippen molar-refractivity contribution in [3.8, 4) is 23.0 Å². The highest BCUT2D eigenvalue weighted by Crippen LogP contribution is 2.43. The predicted molar refractivity (Wildman–Crippen MR) is 219 cm³/mol. The molecule has 15 heteroatoms. The van der Waals surface area contributed by atoms with Gasteiger partial charge in [-0.1, -0.05) is 36.4 Å². The van der Waals surface area contributed by atoms with E-state index in [2.05, 4.69) is 20.2 Å². The molecule has 1 amide bonds. The van der Waals surface area contributed by atoms with E-state index in [1.165, 1.54) is 24.4 Å². The van der Waals surface area contributed by atoms with Crippen molar-refractivity contribution >= 4 is 39.6 Å². The number of rotatable bonds is 6. The van der Waals surface area contributed by atoms with Crippen LogP contribution in [0.3, 0.4) is 0 Å². The van der Waals surface area contributed by atoms with Gasteiger partial charge in [0.2, 0.25) is 0 Å². The minimum absolute atomic E-state index is 0. The van der Waals surface area contributed by atoms with Crippen molar-refractivity contribution < 1.29 is 42.8 Å². The number of aryl methyl sites for hydroxylation is 1. The first-order valence-electron chi connectivity index (χ1n) is 20.5. The summed E-state index contributed by atoms with van der Waals surface area (Å²) in [4.78, 5) is 44.6. The van der Waals surface area contributed by atoms with Crippen LogP contribution in [0.2, 0.25) is 0 Å². The fraction of sp³-hybridized carbons (Fsp3) is 0.444. The number of piperidine rings is 1. The lowest BCUT2D eigenvalue weighted by Crippen LogP contribution is -2.60. The average molecular weight is 829 g/mol. The van der Waals surface area contributed by atoms with E-state index in [1.807, 2.05) is 30.3 Å². The molecule has 0 aliphatic carbocycles. The number of benzene rings is 3. The molecule has 3 saturated heterocycles. The number of carbonyl (C=O) groups excluding carboxylic acids is 2. The van der Waals surface area contributed by atoms with E-state index in [4.69, 9.17) is 19.2 Å². The van der Waals surface area contributed by atoms with Crippen LogP contribution in [0.4, 0.5) is 28.2 Å². The van der Waals surface area contributed by atoms with Crippen LogP contribution >= 0.6 is 0 Å². The van der Waals surface area contributed by atoms with Crippen LogP contribution in [0, 0.1) is 11.6 Å². The topological polar surface area (TPSA) is 119 Å². The van der Waals surface area contributed by atoms with E-state index >= 15 is 13.2 Å². The number of ether oxygens (including phenoxy) is 3. The zero-order valence-electron chi connectivity index (χ0n) is 33.7.